The number of hydrogen-bond donors (Lipinski definition) is 1. The summed E-state index contributed by atoms with van der Waals surface area (Å²) in [4.78, 5) is 34.6. The Labute approximate surface area is 113 Å². The highest BCUT2D eigenvalue weighted by Crippen LogP contribution is 2.35. The van der Waals surface area contributed by atoms with Gasteiger partial charge in [0.25, 0.3) is 5.69 Å². The number of phenols is 1. The van der Waals surface area contributed by atoms with Crippen LogP contribution in [0.1, 0.15) is 6.42 Å². The van der Waals surface area contributed by atoms with E-state index in [1.807, 2.05) is 0 Å². The fourth-order valence-corrected chi connectivity index (χ4v) is 2.11. The Morgan fingerprint density at radius 1 is 1.55 bits per heavy atom. The van der Waals surface area contributed by atoms with E-state index in [0.29, 0.717) is 0 Å². The predicted octanol–water partition coefficient (Wildman–Crippen LogP) is 0.826. The van der Waals surface area contributed by atoms with Crippen molar-refractivity contribution in [1.82, 2.24) is 0 Å². The molecule has 0 aliphatic carbocycles. The van der Waals surface area contributed by atoms with Crippen molar-refractivity contribution in [3.63, 3.8) is 0 Å². The lowest BCUT2D eigenvalue weighted by Gasteiger charge is -2.17. The number of anilines is 1. The maximum Gasteiger partial charge on any atom is 0.311 e. The summed E-state index contributed by atoms with van der Waals surface area (Å²) < 4.78 is 4.57. The number of rotatable bonds is 3. The van der Waals surface area contributed by atoms with Gasteiger partial charge in [0.1, 0.15) is 5.75 Å². The van der Waals surface area contributed by atoms with Gasteiger partial charge in [-0.2, -0.15) is 0 Å². The lowest BCUT2D eigenvalue weighted by molar-refractivity contribution is -0.384. The van der Waals surface area contributed by atoms with Crippen molar-refractivity contribution in [1.29, 1.82) is 0 Å². The molecule has 8 nitrogen and oxygen atoms in total. The molecular formula is C12H12N2O6. The van der Waals surface area contributed by atoms with Crippen LogP contribution in [0.4, 0.5) is 11.4 Å². The maximum atomic E-state index is 11.9. The van der Waals surface area contributed by atoms with Crippen LogP contribution < -0.4 is 4.90 Å². The van der Waals surface area contributed by atoms with E-state index in [2.05, 4.69) is 4.74 Å². The van der Waals surface area contributed by atoms with E-state index in [-0.39, 0.29) is 30.1 Å². The number of nitro groups is 1. The standard InChI is InChI=1S/C12H12N2O6/c1-20-12(17)7-4-11(16)13(6-7)9-5-8(14(18)19)2-3-10(9)15/h2-3,5,7,15H,4,6H2,1H3. The molecule has 1 aliphatic heterocycles. The van der Waals surface area contributed by atoms with E-state index in [1.165, 1.54) is 7.11 Å². The van der Waals surface area contributed by atoms with Crippen LogP contribution >= 0.6 is 0 Å². The topological polar surface area (TPSA) is 110 Å². The van der Waals surface area contributed by atoms with Gasteiger partial charge in [-0.1, -0.05) is 0 Å². The molecular weight excluding hydrogens is 268 g/mol. The highest BCUT2D eigenvalue weighted by Gasteiger charge is 2.37. The molecule has 1 amide bonds. The molecule has 20 heavy (non-hydrogen) atoms. The highest BCUT2D eigenvalue weighted by molar-refractivity contribution is 6.00. The SMILES string of the molecule is COC(=O)C1CC(=O)N(c2cc([N+](=O)[O-])ccc2O)C1. The maximum absolute atomic E-state index is 11.9. The number of phenolic OH excluding ortho intramolecular Hbond substituents is 1. The van der Waals surface area contributed by atoms with Gasteiger partial charge in [0.2, 0.25) is 5.91 Å². The van der Waals surface area contributed by atoms with Gasteiger partial charge in [-0.3, -0.25) is 19.7 Å². The van der Waals surface area contributed by atoms with Crippen molar-refractivity contribution >= 4 is 23.3 Å². The number of aromatic hydroxyl groups is 1. The summed E-state index contributed by atoms with van der Waals surface area (Å²) >= 11 is 0. The first-order chi connectivity index (χ1) is 9.43. The van der Waals surface area contributed by atoms with E-state index in [9.17, 15) is 24.8 Å². The van der Waals surface area contributed by atoms with Crippen molar-refractivity contribution in [3.8, 4) is 5.75 Å². The van der Waals surface area contributed by atoms with Gasteiger partial charge < -0.3 is 14.7 Å². The summed E-state index contributed by atoms with van der Waals surface area (Å²) in [5.74, 6) is -1.80. The Balaban J connectivity index is 2.32. The highest BCUT2D eigenvalue weighted by atomic mass is 16.6. The van der Waals surface area contributed by atoms with Crippen LogP contribution in [-0.4, -0.2) is 35.6 Å². The van der Waals surface area contributed by atoms with E-state index >= 15 is 0 Å². The zero-order chi connectivity index (χ0) is 14.9. The molecule has 2 rings (SSSR count). The largest absolute Gasteiger partial charge is 0.506 e. The molecule has 1 fully saturated rings. The van der Waals surface area contributed by atoms with Gasteiger partial charge in [-0.05, 0) is 6.07 Å². The smallest absolute Gasteiger partial charge is 0.311 e. The number of hydrogen-bond acceptors (Lipinski definition) is 6. The zero-order valence-electron chi connectivity index (χ0n) is 10.6. The molecule has 1 atom stereocenters. The van der Waals surface area contributed by atoms with Crippen molar-refractivity contribution in [3.05, 3.63) is 28.3 Å². The molecule has 0 aromatic heterocycles. The number of non-ortho nitro benzene ring substituents is 1. The van der Waals surface area contributed by atoms with E-state index < -0.39 is 22.7 Å². The molecule has 8 heteroatoms. The van der Waals surface area contributed by atoms with Gasteiger partial charge in [0, 0.05) is 25.1 Å². The number of carbonyl (C=O) groups excluding carboxylic acids is 2. The first-order valence-corrected chi connectivity index (χ1v) is 5.79. The molecule has 1 aromatic rings. The number of ether oxygens (including phenoxy) is 1. The number of nitro benzene ring substituents is 1. The Bertz CT molecular complexity index is 585. The lowest BCUT2D eigenvalue weighted by Crippen LogP contribution is -2.26. The average Bonchev–Trinajstić information content (AvgIpc) is 2.80. The average molecular weight is 280 g/mol. The van der Waals surface area contributed by atoms with E-state index in [1.54, 1.807) is 0 Å². The van der Waals surface area contributed by atoms with Crippen molar-refractivity contribution in [2.24, 2.45) is 5.92 Å². The number of amides is 1. The molecule has 1 aliphatic rings. The molecule has 0 saturated carbocycles. The second-order valence-corrected chi connectivity index (χ2v) is 4.36. The third-order valence-corrected chi connectivity index (χ3v) is 3.12. The van der Waals surface area contributed by atoms with Crippen LogP contribution in [0.25, 0.3) is 0 Å². The Kier molecular flexibility index (Phi) is 3.55. The summed E-state index contributed by atoms with van der Waals surface area (Å²) in [6, 6.07) is 3.39. The van der Waals surface area contributed by atoms with Crippen molar-refractivity contribution in [2.45, 2.75) is 6.42 Å². The fraction of sp³-hybridized carbons (Fsp3) is 0.333. The summed E-state index contributed by atoms with van der Waals surface area (Å²) in [6.07, 6.45) is -0.0468. The summed E-state index contributed by atoms with van der Waals surface area (Å²) in [5.41, 5.74) is -0.220. The minimum atomic E-state index is -0.633. The zero-order valence-corrected chi connectivity index (χ0v) is 10.6. The Hall–Kier alpha value is -2.64. The third-order valence-electron chi connectivity index (χ3n) is 3.12. The van der Waals surface area contributed by atoms with Gasteiger partial charge in [-0.15, -0.1) is 0 Å². The minimum absolute atomic E-state index is 0.0237. The third kappa shape index (κ3) is 2.40. The van der Waals surface area contributed by atoms with Crippen LogP contribution in [0.5, 0.6) is 5.75 Å². The number of methoxy groups -OCH3 is 1. The number of benzene rings is 1. The fourth-order valence-electron chi connectivity index (χ4n) is 2.11. The molecule has 1 saturated heterocycles. The molecule has 1 aromatic carbocycles. The first kappa shape index (κ1) is 13.8. The van der Waals surface area contributed by atoms with Gasteiger partial charge in [0.05, 0.1) is 23.6 Å². The first-order valence-electron chi connectivity index (χ1n) is 5.79. The molecule has 106 valence electrons. The summed E-state index contributed by atoms with van der Waals surface area (Å²) in [5, 5.41) is 20.5. The molecule has 1 unspecified atom stereocenters. The van der Waals surface area contributed by atoms with Crippen LogP contribution in [0.15, 0.2) is 18.2 Å². The summed E-state index contributed by atoms with van der Waals surface area (Å²) in [7, 11) is 1.22. The Morgan fingerprint density at radius 3 is 2.85 bits per heavy atom. The second-order valence-electron chi connectivity index (χ2n) is 4.36. The van der Waals surface area contributed by atoms with Crippen molar-refractivity contribution < 1.29 is 24.4 Å². The molecule has 0 radical (unpaired) electrons. The second kappa shape index (κ2) is 5.16. The van der Waals surface area contributed by atoms with Crippen LogP contribution in [0, 0.1) is 16.0 Å². The predicted molar refractivity (Wildman–Crippen MR) is 67.2 cm³/mol. The van der Waals surface area contributed by atoms with E-state index in [0.717, 1.165) is 23.1 Å². The summed E-state index contributed by atoms with van der Waals surface area (Å²) in [6.45, 7) is 0.0280. The van der Waals surface area contributed by atoms with E-state index in [4.69, 9.17) is 0 Å². The van der Waals surface area contributed by atoms with Gasteiger partial charge >= 0.3 is 5.97 Å². The lowest BCUT2D eigenvalue weighted by atomic mass is 10.1. The molecule has 0 spiro atoms. The number of carbonyl (C=O) groups is 2. The molecule has 1 heterocycles. The van der Waals surface area contributed by atoms with Crippen molar-refractivity contribution in [2.75, 3.05) is 18.6 Å². The molecule has 0 bridgehead atoms. The Morgan fingerprint density at radius 2 is 2.25 bits per heavy atom. The quantitative estimate of drug-likeness (QED) is 0.498. The number of esters is 1. The van der Waals surface area contributed by atoms with Crippen LogP contribution in [0.2, 0.25) is 0 Å². The monoisotopic (exact) mass is 280 g/mol. The van der Waals surface area contributed by atoms with Crippen LogP contribution in [0.3, 0.4) is 0 Å². The van der Waals surface area contributed by atoms with Crippen LogP contribution in [-0.2, 0) is 14.3 Å². The number of nitrogens with zero attached hydrogens (tertiary/aromatic N) is 2. The normalized spacial score (nSPS) is 18.1. The molecule has 1 N–H and O–H groups in total. The van der Waals surface area contributed by atoms with Gasteiger partial charge in [0.15, 0.2) is 0 Å². The minimum Gasteiger partial charge on any atom is -0.506 e. The van der Waals surface area contributed by atoms with Gasteiger partial charge in [-0.25, -0.2) is 0 Å².